The van der Waals surface area contributed by atoms with Crippen LogP contribution >= 0.6 is 0 Å². The molecule has 0 spiro atoms. The van der Waals surface area contributed by atoms with Crippen LogP contribution in [0.4, 0.5) is 19.3 Å². The van der Waals surface area contributed by atoms with Gasteiger partial charge in [0.1, 0.15) is 11.6 Å². The second kappa shape index (κ2) is 7.99. The number of benzene rings is 2. The summed E-state index contributed by atoms with van der Waals surface area (Å²) in [6, 6.07) is 12.4. The van der Waals surface area contributed by atoms with Crippen LogP contribution in [-0.4, -0.2) is 15.8 Å². The standard InChI is InChI=1S/C20H20F2N4O/c1-13-17(14(2)26(25-13)12-15-6-4-3-5-7-15)11-23-20(27)24-19-9-8-16(21)10-18(19)22/h3-10H,11-12H2,1-2H3,(H2,23,24,27). The minimum atomic E-state index is -0.826. The molecule has 27 heavy (non-hydrogen) atoms. The number of amides is 2. The summed E-state index contributed by atoms with van der Waals surface area (Å²) in [5, 5.41) is 9.59. The second-order valence-corrected chi connectivity index (χ2v) is 6.22. The van der Waals surface area contributed by atoms with Crippen LogP contribution < -0.4 is 10.6 Å². The smallest absolute Gasteiger partial charge is 0.319 e. The fraction of sp³-hybridized carbons (Fsp3) is 0.200. The van der Waals surface area contributed by atoms with Crippen molar-refractivity contribution in [1.82, 2.24) is 15.1 Å². The molecule has 0 aliphatic carbocycles. The summed E-state index contributed by atoms with van der Waals surface area (Å²) in [6.07, 6.45) is 0. The van der Waals surface area contributed by atoms with E-state index in [0.717, 1.165) is 34.6 Å². The van der Waals surface area contributed by atoms with Crippen LogP contribution in [0.3, 0.4) is 0 Å². The number of nitrogens with zero attached hydrogens (tertiary/aromatic N) is 2. The average molecular weight is 370 g/mol. The molecule has 0 bridgehead atoms. The van der Waals surface area contributed by atoms with Crippen molar-refractivity contribution in [2.45, 2.75) is 26.9 Å². The maximum atomic E-state index is 13.6. The first-order valence-electron chi connectivity index (χ1n) is 8.50. The second-order valence-electron chi connectivity index (χ2n) is 6.22. The molecular formula is C20H20F2N4O. The Hall–Kier alpha value is -3.22. The maximum absolute atomic E-state index is 13.6. The summed E-state index contributed by atoms with van der Waals surface area (Å²) in [5.41, 5.74) is 3.72. The fourth-order valence-corrected chi connectivity index (χ4v) is 2.83. The normalized spacial score (nSPS) is 10.7. The molecule has 0 unspecified atom stereocenters. The molecule has 7 heteroatoms. The van der Waals surface area contributed by atoms with Crippen molar-refractivity contribution < 1.29 is 13.6 Å². The van der Waals surface area contributed by atoms with Gasteiger partial charge in [-0.2, -0.15) is 5.10 Å². The average Bonchev–Trinajstić information content (AvgIpc) is 2.90. The fourth-order valence-electron chi connectivity index (χ4n) is 2.83. The summed E-state index contributed by atoms with van der Waals surface area (Å²) in [6.45, 7) is 4.71. The molecule has 2 N–H and O–H groups in total. The summed E-state index contributed by atoms with van der Waals surface area (Å²) in [5.74, 6) is -1.52. The van der Waals surface area contributed by atoms with Gasteiger partial charge in [0, 0.05) is 23.9 Å². The third-order valence-electron chi connectivity index (χ3n) is 4.31. The van der Waals surface area contributed by atoms with Gasteiger partial charge in [0.2, 0.25) is 0 Å². The predicted octanol–water partition coefficient (Wildman–Crippen LogP) is 4.15. The van der Waals surface area contributed by atoms with Crippen molar-refractivity contribution in [3.05, 3.63) is 82.7 Å². The van der Waals surface area contributed by atoms with Gasteiger partial charge >= 0.3 is 6.03 Å². The third kappa shape index (κ3) is 4.49. The number of nitrogens with one attached hydrogen (secondary N) is 2. The minimum absolute atomic E-state index is 0.0814. The lowest BCUT2D eigenvalue weighted by Crippen LogP contribution is -2.29. The zero-order chi connectivity index (χ0) is 19.4. The van der Waals surface area contributed by atoms with Crippen molar-refractivity contribution in [3.8, 4) is 0 Å². The highest BCUT2D eigenvalue weighted by Gasteiger charge is 2.14. The molecular weight excluding hydrogens is 350 g/mol. The first-order valence-corrected chi connectivity index (χ1v) is 8.50. The Bertz CT molecular complexity index is 954. The van der Waals surface area contributed by atoms with E-state index in [1.165, 1.54) is 6.07 Å². The van der Waals surface area contributed by atoms with E-state index in [1.54, 1.807) is 0 Å². The van der Waals surface area contributed by atoms with Crippen LogP contribution in [0.1, 0.15) is 22.5 Å². The Balaban J connectivity index is 1.64. The number of rotatable bonds is 5. The number of carbonyl (C=O) groups is 1. The molecule has 0 aliphatic heterocycles. The molecule has 0 saturated heterocycles. The molecule has 3 rings (SSSR count). The summed E-state index contributed by atoms with van der Waals surface area (Å²) in [4.78, 5) is 12.0. The number of carbonyl (C=O) groups excluding carboxylic acids is 1. The summed E-state index contributed by atoms with van der Waals surface area (Å²) < 4.78 is 28.4. The number of aryl methyl sites for hydroxylation is 1. The van der Waals surface area contributed by atoms with E-state index in [0.29, 0.717) is 6.54 Å². The molecule has 1 heterocycles. The molecule has 3 aromatic rings. The molecule has 0 atom stereocenters. The van der Waals surface area contributed by atoms with Crippen LogP contribution in [0.25, 0.3) is 0 Å². The van der Waals surface area contributed by atoms with Crippen molar-refractivity contribution in [2.75, 3.05) is 5.32 Å². The number of anilines is 1. The topological polar surface area (TPSA) is 59.0 Å². The molecule has 0 aliphatic rings. The number of urea groups is 1. The molecule has 2 aromatic carbocycles. The van der Waals surface area contributed by atoms with Gasteiger partial charge in [0.25, 0.3) is 0 Å². The molecule has 1 aromatic heterocycles. The highest BCUT2D eigenvalue weighted by molar-refractivity contribution is 5.89. The van der Waals surface area contributed by atoms with E-state index in [4.69, 9.17) is 0 Å². The Morgan fingerprint density at radius 2 is 1.85 bits per heavy atom. The van der Waals surface area contributed by atoms with E-state index >= 15 is 0 Å². The van der Waals surface area contributed by atoms with Gasteiger partial charge in [0.05, 0.1) is 17.9 Å². The predicted molar refractivity (Wildman–Crippen MR) is 99.5 cm³/mol. The van der Waals surface area contributed by atoms with E-state index in [2.05, 4.69) is 15.7 Å². The van der Waals surface area contributed by atoms with Gasteiger partial charge in [-0.05, 0) is 31.5 Å². The van der Waals surface area contributed by atoms with Gasteiger partial charge in [-0.15, -0.1) is 0 Å². The van der Waals surface area contributed by atoms with Crippen LogP contribution in [0.2, 0.25) is 0 Å². The Morgan fingerprint density at radius 3 is 2.56 bits per heavy atom. The molecule has 5 nitrogen and oxygen atoms in total. The van der Waals surface area contributed by atoms with E-state index < -0.39 is 17.7 Å². The van der Waals surface area contributed by atoms with Gasteiger partial charge in [0.15, 0.2) is 0 Å². The lowest BCUT2D eigenvalue weighted by molar-refractivity contribution is 0.251. The van der Waals surface area contributed by atoms with Gasteiger partial charge < -0.3 is 10.6 Å². The number of hydrogen-bond donors (Lipinski definition) is 2. The molecule has 140 valence electrons. The lowest BCUT2D eigenvalue weighted by atomic mass is 10.2. The third-order valence-corrected chi connectivity index (χ3v) is 4.31. The van der Waals surface area contributed by atoms with Crippen molar-refractivity contribution in [1.29, 1.82) is 0 Å². The molecule has 0 fully saturated rings. The quantitative estimate of drug-likeness (QED) is 0.709. The number of hydrogen-bond acceptors (Lipinski definition) is 2. The zero-order valence-electron chi connectivity index (χ0n) is 15.1. The number of halogens is 2. The maximum Gasteiger partial charge on any atom is 0.319 e. The van der Waals surface area contributed by atoms with Crippen LogP contribution in [-0.2, 0) is 13.1 Å². The number of aromatic nitrogens is 2. The first-order chi connectivity index (χ1) is 12.9. The highest BCUT2D eigenvalue weighted by atomic mass is 19.1. The SMILES string of the molecule is Cc1nn(Cc2ccccc2)c(C)c1CNC(=O)Nc1ccc(F)cc1F. The van der Waals surface area contributed by atoms with E-state index in [9.17, 15) is 13.6 Å². The van der Waals surface area contributed by atoms with Gasteiger partial charge in [-0.3, -0.25) is 4.68 Å². The van der Waals surface area contributed by atoms with Crippen molar-refractivity contribution in [3.63, 3.8) is 0 Å². The lowest BCUT2D eigenvalue weighted by Gasteiger charge is -2.09. The van der Waals surface area contributed by atoms with Crippen LogP contribution in [0, 0.1) is 25.5 Å². The Labute approximate surface area is 156 Å². The Morgan fingerprint density at radius 1 is 1.11 bits per heavy atom. The van der Waals surface area contributed by atoms with E-state index in [1.807, 2.05) is 48.9 Å². The largest absolute Gasteiger partial charge is 0.334 e. The molecule has 0 saturated carbocycles. The minimum Gasteiger partial charge on any atom is -0.334 e. The van der Waals surface area contributed by atoms with Gasteiger partial charge in [-0.25, -0.2) is 13.6 Å². The van der Waals surface area contributed by atoms with Crippen LogP contribution in [0.15, 0.2) is 48.5 Å². The molecule has 0 radical (unpaired) electrons. The van der Waals surface area contributed by atoms with Crippen LogP contribution in [0.5, 0.6) is 0 Å². The zero-order valence-corrected chi connectivity index (χ0v) is 15.1. The monoisotopic (exact) mass is 370 g/mol. The molecule has 2 amide bonds. The van der Waals surface area contributed by atoms with Crippen molar-refractivity contribution >= 4 is 11.7 Å². The highest BCUT2D eigenvalue weighted by Crippen LogP contribution is 2.16. The summed E-state index contributed by atoms with van der Waals surface area (Å²) >= 11 is 0. The van der Waals surface area contributed by atoms with E-state index in [-0.39, 0.29) is 12.2 Å². The first kappa shape index (κ1) is 18.6. The van der Waals surface area contributed by atoms with Gasteiger partial charge in [-0.1, -0.05) is 30.3 Å². The Kier molecular flexibility index (Phi) is 5.49. The summed E-state index contributed by atoms with van der Waals surface area (Å²) in [7, 11) is 0. The van der Waals surface area contributed by atoms with Crippen molar-refractivity contribution in [2.24, 2.45) is 0 Å².